The number of rotatable bonds is 3. The summed E-state index contributed by atoms with van der Waals surface area (Å²) in [5.41, 5.74) is -0.400. The summed E-state index contributed by atoms with van der Waals surface area (Å²) in [5.74, 6) is 0.0650. The van der Waals surface area contributed by atoms with Crippen molar-refractivity contribution in [2.45, 2.75) is 19.4 Å². The molecule has 1 saturated heterocycles. The molecule has 0 bridgehead atoms. The van der Waals surface area contributed by atoms with E-state index in [0.29, 0.717) is 19.6 Å². The maximum absolute atomic E-state index is 11.9. The number of sulfonamides is 1. The topological polar surface area (TPSA) is 72.3 Å². The first-order valence-electron chi connectivity index (χ1n) is 6.14. The average molecular weight is 340 g/mol. The van der Waals surface area contributed by atoms with Crippen LogP contribution in [0.5, 0.6) is 0 Å². The van der Waals surface area contributed by atoms with Crippen LogP contribution in [0.25, 0.3) is 0 Å². The summed E-state index contributed by atoms with van der Waals surface area (Å²) in [6, 6.07) is 0. The Hall–Kier alpha value is -0.630. The molecule has 20 heavy (non-hydrogen) atoms. The molecule has 1 fully saturated rings. The molecular weight excluding hydrogens is 325 g/mol. The average Bonchev–Trinajstić information content (AvgIpc) is 2.39. The summed E-state index contributed by atoms with van der Waals surface area (Å²) in [6.45, 7) is 1.32. The Kier molecular flexibility index (Phi) is 4.73. The minimum atomic E-state index is -3.19. The van der Waals surface area contributed by atoms with Crippen molar-refractivity contribution < 1.29 is 8.42 Å². The van der Waals surface area contributed by atoms with Crippen LogP contribution < -0.4 is 5.56 Å². The van der Waals surface area contributed by atoms with Crippen LogP contribution >= 0.6 is 23.2 Å². The maximum Gasteiger partial charge on any atom is 0.273 e. The van der Waals surface area contributed by atoms with E-state index in [1.807, 2.05) is 0 Å². The third kappa shape index (κ3) is 3.52. The molecule has 2 heterocycles. The van der Waals surface area contributed by atoms with Gasteiger partial charge in [0.2, 0.25) is 10.0 Å². The first-order valence-corrected chi connectivity index (χ1v) is 8.75. The highest BCUT2D eigenvalue weighted by Gasteiger charge is 2.26. The second-order valence-electron chi connectivity index (χ2n) is 4.94. The summed E-state index contributed by atoms with van der Waals surface area (Å²) in [7, 11) is -3.19. The van der Waals surface area contributed by atoms with E-state index in [1.54, 1.807) is 0 Å². The van der Waals surface area contributed by atoms with Gasteiger partial charge in [-0.05, 0) is 18.8 Å². The van der Waals surface area contributed by atoms with E-state index >= 15 is 0 Å². The molecule has 1 atom stereocenters. The molecule has 1 aliphatic rings. The number of nitrogens with zero attached hydrogens (tertiary/aromatic N) is 3. The van der Waals surface area contributed by atoms with Crippen LogP contribution in [0.2, 0.25) is 10.2 Å². The molecule has 0 aromatic carbocycles. The molecule has 0 N–H and O–H groups in total. The minimum Gasteiger partial charge on any atom is -0.298 e. The molecule has 2 rings (SSSR count). The predicted molar refractivity (Wildman–Crippen MR) is 77.7 cm³/mol. The first-order chi connectivity index (χ1) is 9.29. The van der Waals surface area contributed by atoms with Gasteiger partial charge in [-0.25, -0.2) is 17.7 Å². The molecule has 1 unspecified atom stereocenters. The van der Waals surface area contributed by atoms with Gasteiger partial charge in [0.05, 0.1) is 12.6 Å². The Morgan fingerprint density at radius 2 is 2.15 bits per heavy atom. The number of hydrogen-bond acceptors (Lipinski definition) is 4. The Morgan fingerprint density at radius 1 is 1.45 bits per heavy atom. The lowest BCUT2D eigenvalue weighted by atomic mass is 10.00. The van der Waals surface area contributed by atoms with Crippen LogP contribution in [0.1, 0.15) is 12.8 Å². The maximum atomic E-state index is 11.9. The normalized spacial score (nSPS) is 21.1. The van der Waals surface area contributed by atoms with Gasteiger partial charge in [-0.1, -0.05) is 23.2 Å². The van der Waals surface area contributed by atoms with Gasteiger partial charge in [-0.15, -0.1) is 0 Å². The molecule has 0 saturated carbocycles. The fourth-order valence-corrected chi connectivity index (χ4v) is 3.55. The summed E-state index contributed by atoms with van der Waals surface area (Å²) < 4.78 is 25.9. The Bertz CT molecular complexity index is 659. The van der Waals surface area contributed by atoms with Gasteiger partial charge in [-0.2, -0.15) is 0 Å². The van der Waals surface area contributed by atoms with Crippen molar-refractivity contribution in [3.8, 4) is 0 Å². The second kappa shape index (κ2) is 6.01. The predicted octanol–water partition coefficient (Wildman–Crippen LogP) is 1.22. The number of piperidine rings is 1. The summed E-state index contributed by atoms with van der Waals surface area (Å²) >= 11 is 11.4. The van der Waals surface area contributed by atoms with E-state index < -0.39 is 15.6 Å². The molecular formula is C11H15Cl2N3O3S. The van der Waals surface area contributed by atoms with Crippen molar-refractivity contribution in [3.63, 3.8) is 0 Å². The Balaban J connectivity index is 2.15. The highest BCUT2D eigenvalue weighted by atomic mass is 35.5. The van der Waals surface area contributed by atoms with Crippen LogP contribution in [0.3, 0.4) is 0 Å². The molecule has 6 nitrogen and oxygen atoms in total. The van der Waals surface area contributed by atoms with Crippen molar-refractivity contribution in [3.05, 3.63) is 26.9 Å². The zero-order valence-electron chi connectivity index (χ0n) is 10.9. The van der Waals surface area contributed by atoms with Crippen LogP contribution in [0.4, 0.5) is 0 Å². The molecule has 0 spiro atoms. The van der Waals surface area contributed by atoms with Gasteiger partial charge in [0.25, 0.3) is 5.56 Å². The molecule has 0 radical (unpaired) electrons. The highest BCUT2D eigenvalue weighted by Crippen LogP contribution is 2.20. The Labute approximate surface area is 127 Å². The van der Waals surface area contributed by atoms with Crippen molar-refractivity contribution in [1.29, 1.82) is 0 Å². The lowest BCUT2D eigenvalue weighted by Crippen LogP contribution is -2.41. The van der Waals surface area contributed by atoms with Crippen LogP contribution in [-0.4, -0.2) is 41.6 Å². The molecule has 1 aromatic rings. The smallest absolute Gasteiger partial charge is 0.273 e. The van der Waals surface area contributed by atoms with Crippen LogP contribution in [0.15, 0.2) is 11.1 Å². The fraction of sp³-hybridized carbons (Fsp3) is 0.636. The Morgan fingerprint density at radius 3 is 2.80 bits per heavy atom. The van der Waals surface area contributed by atoms with E-state index in [1.165, 1.54) is 21.5 Å². The van der Waals surface area contributed by atoms with Gasteiger partial charge >= 0.3 is 0 Å². The lowest BCUT2D eigenvalue weighted by molar-refractivity contribution is 0.244. The van der Waals surface area contributed by atoms with E-state index in [9.17, 15) is 13.2 Å². The van der Waals surface area contributed by atoms with Crippen molar-refractivity contribution in [2.24, 2.45) is 5.92 Å². The zero-order valence-corrected chi connectivity index (χ0v) is 13.2. The first kappa shape index (κ1) is 15.8. The molecule has 0 aliphatic carbocycles. The van der Waals surface area contributed by atoms with Gasteiger partial charge in [0, 0.05) is 19.6 Å². The van der Waals surface area contributed by atoms with E-state index in [4.69, 9.17) is 23.2 Å². The highest BCUT2D eigenvalue weighted by molar-refractivity contribution is 7.88. The summed E-state index contributed by atoms with van der Waals surface area (Å²) in [6.07, 6.45) is 4.18. The SMILES string of the molecule is CS(=O)(=O)N1CCCC(Cn2cnc(Cl)c(Cl)c2=O)C1. The molecule has 112 valence electrons. The molecule has 9 heteroatoms. The summed E-state index contributed by atoms with van der Waals surface area (Å²) in [4.78, 5) is 15.8. The van der Waals surface area contributed by atoms with Gasteiger partial charge in [0.1, 0.15) is 5.02 Å². The standard InChI is InChI=1S/C11H15Cl2N3O3S/c1-20(18,19)16-4-2-3-8(6-16)5-15-7-14-10(13)9(12)11(15)17/h7-8H,2-6H2,1H3. The van der Waals surface area contributed by atoms with Crippen molar-refractivity contribution in [1.82, 2.24) is 13.9 Å². The van der Waals surface area contributed by atoms with Gasteiger partial charge < -0.3 is 0 Å². The second-order valence-corrected chi connectivity index (χ2v) is 7.65. The number of hydrogen-bond donors (Lipinski definition) is 0. The number of aromatic nitrogens is 2. The van der Waals surface area contributed by atoms with Gasteiger partial charge in [0.15, 0.2) is 5.15 Å². The zero-order chi connectivity index (χ0) is 14.9. The lowest BCUT2D eigenvalue weighted by Gasteiger charge is -2.31. The third-order valence-corrected chi connectivity index (χ3v) is 5.34. The molecule has 0 amide bonds. The fourth-order valence-electron chi connectivity index (χ4n) is 2.33. The van der Waals surface area contributed by atoms with Crippen molar-refractivity contribution >= 4 is 33.2 Å². The van der Waals surface area contributed by atoms with Crippen LogP contribution in [-0.2, 0) is 16.6 Å². The monoisotopic (exact) mass is 339 g/mol. The van der Waals surface area contributed by atoms with Gasteiger partial charge in [-0.3, -0.25) is 9.36 Å². The summed E-state index contributed by atoms with van der Waals surface area (Å²) in [5, 5.41) is -0.126. The van der Waals surface area contributed by atoms with E-state index in [2.05, 4.69) is 4.98 Å². The molecule has 1 aromatic heterocycles. The molecule has 1 aliphatic heterocycles. The van der Waals surface area contributed by atoms with E-state index in [-0.39, 0.29) is 16.1 Å². The number of halogens is 2. The minimum absolute atomic E-state index is 0.0191. The van der Waals surface area contributed by atoms with E-state index in [0.717, 1.165) is 12.8 Å². The third-order valence-electron chi connectivity index (χ3n) is 3.35. The quantitative estimate of drug-likeness (QED) is 0.776. The largest absolute Gasteiger partial charge is 0.298 e. The van der Waals surface area contributed by atoms with Crippen LogP contribution in [0, 0.1) is 5.92 Å². The van der Waals surface area contributed by atoms with Crippen molar-refractivity contribution in [2.75, 3.05) is 19.3 Å².